The molecule has 28 heavy (non-hydrogen) atoms. The van der Waals surface area contributed by atoms with Crippen molar-refractivity contribution in [3.8, 4) is 17.0 Å². The molecule has 150 valence electrons. The van der Waals surface area contributed by atoms with Crippen LogP contribution in [0.1, 0.15) is 5.56 Å². The van der Waals surface area contributed by atoms with Crippen molar-refractivity contribution < 1.29 is 30.7 Å². The van der Waals surface area contributed by atoms with Crippen molar-refractivity contribution in [3.63, 3.8) is 0 Å². The van der Waals surface area contributed by atoms with Crippen LogP contribution in [0.2, 0.25) is 0 Å². The van der Waals surface area contributed by atoms with E-state index in [2.05, 4.69) is 14.9 Å². The molecule has 3 rings (SSSR count). The molecule has 0 atom stereocenters. The minimum absolute atomic E-state index is 0.113. The van der Waals surface area contributed by atoms with Gasteiger partial charge in [-0.25, -0.2) is 8.42 Å². The van der Waals surface area contributed by atoms with E-state index in [9.17, 15) is 26.0 Å². The van der Waals surface area contributed by atoms with Crippen LogP contribution in [0.5, 0.6) is 5.88 Å². The van der Waals surface area contributed by atoms with Crippen LogP contribution in [0.25, 0.3) is 22.0 Å². The van der Waals surface area contributed by atoms with Crippen LogP contribution >= 0.6 is 11.8 Å². The first kappa shape index (κ1) is 20.5. The highest BCUT2D eigenvalue weighted by atomic mass is 32.2. The number of benzene rings is 2. The zero-order valence-corrected chi connectivity index (χ0v) is 16.2. The molecule has 1 aromatic heterocycles. The number of hydrogen-bond acceptors (Lipinski definition) is 5. The maximum Gasteiger partial charge on any atom is 0.388 e. The molecule has 0 saturated heterocycles. The van der Waals surface area contributed by atoms with E-state index in [1.54, 1.807) is 18.4 Å². The number of aryl methyl sites for hydroxylation is 1. The number of H-pyrrole nitrogens is 1. The Morgan fingerprint density at radius 1 is 1.14 bits per heavy atom. The minimum atomic E-state index is -4.76. The van der Waals surface area contributed by atoms with Crippen molar-refractivity contribution in [1.29, 1.82) is 0 Å². The lowest BCUT2D eigenvalue weighted by molar-refractivity contribution is -0.0518. The Morgan fingerprint density at radius 3 is 2.43 bits per heavy atom. The van der Waals surface area contributed by atoms with Gasteiger partial charge in [0, 0.05) is 10.5 Å². The Kier molecular flexibility index (Phi) is 5.57. The Labute approximate surface area is 162 Å². The van der Waals surface area contributed by atoms with Gasteiger partial charge < -0.3 is 4.74 Å². The smallest absolute Gasteiger partial charge is 0.388 e. The molecule has 1 N–H and O–H groups in total. The number of alkyl halides is 4. The highest BCUT2D eigenvalue weighted by Crippen LogP contribution is 2.41. The number of halogens is 4. The zero-order chi connectivity index (χ0) is 20.6. The number of sulfone groups is 1. The average Bonchev–Trinajstić information content (AvgIpc) is 3.02. The van der Waals surface area contributed by atoms with E-state index in [-0.39, 0.29) is 16.8 Å². The van der Waals surface area contributed by atoms with E-state index >= 15 is 0 Å². The Balaban J connectivity index is 2.26. The lowest BCUT2D eigenvalue weighted by Crippen LogP contribution is -2.12. The molecule has 0 saturated carbocycles. The van der Waals surface area contributed by atoms with E-state index in [1.807, 2.05) is 0 Å². The summed E-state index contributed by atoms with van der Waals surface area (Å²) in [6.45, 7) is -1.69. The summed E-state index contributed by atoms with van der Waals surface area (Å²) in [4.78, 5) is 0.206. The van der Waals surface area contributed by atoms with Crippen LogP contribution in [0.15, 0.2) is 40.1 Å². The van der Waals surface area contributed by atoms with Gasteiger partial charge in [-0.1, -0.05) is 12.1 Å². The molecule has 0 spiro atoms. The van der Waals surface area contributed by atoms with Crippen molar-refractivity contribution in [2.45, 2.75) is 29.1 Å². The predicted molar refractivity (Wildman–Crippen MR) is 97.9 cm³/mol. The van der Waals surface area contributed by atoms with Gasteiger partial charge in [-0.3, -0.25) is 5.10 Å². The number of hydrogen-bond donors (Lipinski definition) is 1. The van der Waals surface area contributed by atoms with Gasteiger partial charge in [-0.15, -0.1) is 16.9 Å². The van der Waals surface area contributed by atoms with Crippen molar-refractivity contribution in [3.05, 3.63) is 35.9 Å². The van der Waals surface area contributed by atoms with Crippen molar-refractivity contribution >= 4 is 32.5 Å². The summed E-state index contributed by atoms with van der Waals surface area (Å²) in [7, 11) is -4.76. The van der Waals surface area contributed by atoms with E-state index in [1.165, 1.54) is 30.8 Å². The number of nitrogens with zero attached hydrogens (tertiary/aromatic N) is 1. The van der Waals surface area contributed by atoms with E-state index in [0.717, 1.165) is 6.07 Å². The first-order valence-corrected chi connectivity index (χ1v) is 10.6. The predicted octanol–water partition coefficient (Wildman–Crippen LogP) is 4.86. The molecule has 0 radical (unpaired) electrons. The van der Waals surface area contributed by atoms with Gasteiger partial charge in [-0.05, 0) is 42.5 Å². The first-order chi connectivity index (χ1) is 13.2. The van der Waals surface area contributed by atoms with Gasteiger partial charge in [0.2, 0.25) is 15.7 Å². The highest BCUT2D eigenvalue weighted by molar-refractivity contribution is 7.98. The lowest BCUT2D eigenvalue weighted by atomic mass is 10.00. The van der Waals surface area contributed by atoms with E-state index in [4.69, 9.17) is 0 Å². The Hall–Kier alpha value is -2.27. The summed E-state index contributed by atoms with van der Waals surface area (Å²) in [5, 5.41) is 6.66. The van der Waals surface area contributed by atoms with Gasteiger partial charge in [0.05, 0.1) is 15.8 Å². The number of nitrogens with one attached hydrogen (secondary N) is 1. The second-order valence-corrected chi connectivity index (χ2v) is 8.49. The highest BCUT2D eigenvalue weighted by Gasteiger charge is 2.28. The average molecular weight is 434 g/mol. The summed E-state index contributed by atoms with van der Waals surface area (Å²) in [6.07, 6.45) is 1.78. The van der Waals surface area contributed by atoms with Gasteiger partial charge >= 0.3 is 12.4 Å². The van der Waals surface area contributed by atoms with Crippen LogP contribution in [-0.2, 0) is 9.84 Å². The molecule has 1 heterocycles. The van der Waals surface area contributed by atoms with Gasteiger partial charge in [-0.2, -0.15) is 17.6 Å². The standard InChI is InChI=1S/C17H14F4N2O3S2/c1-8-7-9(3-6-12(8)28(24,25)17(20)21)13-11(27-2)5-4-10-14(13)15(23-22-10)26-16(18)19/h3-7,16-17H,1-2H3,(H,22,23). The molecule has 0 aliphatic heterocycles. The fourth-order valence-electron chi connectivity index (χ4n) is 2.91. The molecule has 2 aromatic carbocycles. The summed E-state index contributed by atoms with van der Waals surface area (Å²) in [6, 6.07) is 7.26. The number of aromatic nitrogens is 2. The van der Waals surface area contributed by atoms with Gasteiger partial charge in [0.15, 0.2) is 0 Å². The molecule has 11 heteroatoms. The largest absolute Gasteiger partial charge is 0.415 e. The lowest BCUT2D eigenvalue weighted by Gasteiger charge is -2.13. The fraction of sp³-hybridized carbons (Fsp3) is 0.235. The molecule has 3 aromatic rings. The number of rotatable bonds is 6. The second-order valence-electron chi connectivity index (χ2n) is 5.76. The summed E-state index contributed by atoms with van der Waals surface area (Å²) < 4.78 is 79.3. The van der Waals surface area contributed by atoms with E-state index < -0.39 is 27.1 Å². The third-order valence-electron chi connectivity index (χ3n) is 4.08. The van der Waals surface area contributed by atoms with E-state index in [0.29, 0.717) is 21.5 Å². The Bertz CT molecular complexity index is 1130. The first-order valence-electron chi connectivity index (χ1n) is 7.79. The SMILES string of the molecule is CSc1ccc2[nH]nc(OC(F)F)c2c1-c1ccc(S(=O)(=O)C(F)F)c(C)c1. The number of ether oxygens (including phenoxy) is 1. The number of aromatic amines is 1. The molecule has 0 aliphatic carbocycles. The van der Waals surface area contributed by atoms with Crippen LogP contribution in [-0.4, -0.2) is 37.2 Å². The topological polar surface area (TPSA) is 72.0 Å². The fourth-order valence-corrected chi connectivity index (χ4v) is 4.50. The van der Waals surface area contributed by atoms with Crippen molar-refractivity contribution in [1.82, 2.24) is 10.2 Å². The molecule has 0 bridgehead atoms. The molecule has 0 unspecified atom stereocenters. The maximum absolute atomic E-state index is 12.9. The molecule has 5 nitrogen and oxygen atoms in total. The van der Waals surface area contributed by atoms with Crippen LogP contribution in [0, 0.1) is 6.92 Å². The van der Waals surface area contributed by atoms with Crippen molar-refractivity contribution in [2.24, 2.45) is 0 Å². The molecular formula is C17H14F4N2O3S2. The third-order valence-corrected chi connectivity index (χ3v) is 6.40. The van der Waals surface area contributed by atoms with Crippen LogP contribution in [0.4, 0.5) is 17.6 Å². The molecular weight excluding hydrogens is 420 g/mol. The third kappa shape index (κ3) is 3.55. The number of fused-ring (bicyclic) bond motifs is 1. The number of thioether (sulfide) groups is 1. The quantitative estimate of drug-likeness (QED) is 0.443. The second kappa shape index (κ2) is 7.63. The van der Waals surface area contributed by atoms with Crippen LogP contribution in [0.3, 0.4) is 0 Å². The monoisotopic (exact) mass is 434 g/mol. The minimum Gasteiger partial charge on any atom is -0.415 e. The Morgan fingerprint density at radius 2 is 1.86 bits per heavy atom. The molecule has 0 aliphatic rings. The van der Waals surface area contributed by atoms with Gasteiger partial charge in [0.1, 0.15) is 0 Å². The summed E-state index contributed by atoms with van der Waals surface area (Å²) in [5.41, 5.74) is 1.49. The molecule has 0 fully saturated rings. The summed E-state index contributed by atoms with van der Waals surface area (Å²) >= 11 is 1.33. The summed E-state index contributed by atoms with van der Waals surface area (Å²) in [5.74, 6) is -3.85. The maximum atomic E-state index is 12.9. The van der Waals surface area contributed by atoms with Crippen LogP contribution < -0.4 is 4.74 Å². The van der Waals surface area contributed by atoms with Gasteiger partial charge in [0.25, 0.3) is 0 Å². The zero-order valence-electron chi connectivity index (χ0n) is 14.5. The molecule has 0 amide bonds. The van der Waals surface area contributed by atoms with Crippen molar-refractivity contribution in [2.75, 3.05) is 6.26 Å². The normalized spacial score (nSPS) is 12.3.